The first kappa shape index (κ1) is 14.4. The van der Waals surface area contributed by atoms with Gasteiger partial charge in [0, 0.05) is 25.0 Å². The predicted octanol–water partition coefficient (Wildman–Crippen LogP) is 1.52. The maximum Gasteiger partial charge on any atom is 0.263 e. The second-order valence-corrected chi connectivity index (χ2v) is 7.55. The fourth-order valence-corrected chi connectivity index (χ4v) is 5.30. The average molecular weight is 402 g/mol. The summed E-state index contributed by atoms with van der Waals surface area (Å²) in [7, 11) is -1.97. The van der Waals surface area contributed by atoms with Crippen LogP contribution in [-0.2, 0) is 17.1 Å². The molecule has 0 amide bonds. The third kappa shape index (κ3) is 2.50. The van der Waals surface area contributed by atoms with Crippen molar-refractivity contribution in [3.63, 3.8) is 0 Å². The Bertz CT molecular complexity index is 507. The summed E-state index contributed by atoms with van der Waals surface area (Å²) in [5.41, 5.74) is 0. The maximum atomic E-state index is 12.6. The Hall–Kier alpha value is 0.01000. The summed E-state index contributed by atoms with van der Waals surface area (Å²) in [5.74, 6) is 0. The highest BCUT2D eigenvalue weighted by molar-refractivity contribution is 9.10. The van der Waals surface area contributed by atoms with Gasteiger partial charge >= 0.3 is 0 Å². The summed E-state index contributed by atoms with van der Waals surface area (Å²) in [5, 5.41) is 8.21. The van der Waals surface area contributed by atoms with Crippen molar-refractivity contribution in [1.29, 1.82) is 0 Å². The molecule has 1 aliphatic carbocycles. The molecular weight excluding hydrogens is 388 g/mol. The molecule has 1 aromatic rings. The van der Waals surface area contributed by atoms with Crippen LogP contribution in [0.3, 0.4) is 0 Å². The first-order valence-electron chi connectivity index (χ1n) is 5.61. The Morgan fingerprint density at radius 2 is 2.17 bits per heavy atom. The lowest BCUT2D eigenvalue weighted by atomic mass is 9.93. The highest BCUT2D eigenvalue weighted by atomic mass is 79.9. The van der Waals surface area contributed by atoms with Crippen LogP contribution in [0.4, 0.5) is 0 Å². The number of aryl methyl sites for hydroxylation is 1. The quantitative estimate of drug-likeness (QED) is 0.701. The van der Waals surface area contributed by atoms with E-state index in [1.54, 1.807) is 11.4 Å². The molecule has 1 saturated carbocycles. The van der Waals surface area contributed by atoms with Crippen LogP contribution in [0, 0.1) is 0 Å². The normalized spacial score (nSPS) is 17.1. The van der Waals surface area contributed by atoms with E-state index < -0.39 is 10.0 Å². The Balaban J connectivity index is 2.38. The van der Waals surface area contributed by atoms with E-state index in [0.29, 0.717) is 11.9 Å². The zero-order chi connectivity index (χ0) is 13.3. The van der Waals surface area contributed by atoms with Gasteiger partial charge in [-0.2, -0.15) is 4.31 Å². The molecule has 1 aliphatic rings. The molecule has 0 radical (unpaired) electrons. The highest BCUT2D eigenvalue weighted by Gasteiger charge is 2.37. The van der Waals surface area contributed by atoms with Crippen LogP contribution in [0.5, 0.6) is 0 Å². The van der Waals surface area contributed by atoms with Crippen molar-refractivity contribution in [2.45, 2.75) is 30.3 Å². The number of rotatable bonds is 5. The molecule has 0 spiro atoms. The van der Waals surface area contributed by atoms with Crippen LogP contribution in [-0.4, -0.2) is 45.6 Å². The van der Waals surface area contributed by atoms with Crippen LogP contribution in [0.1, 0.15) is 19.3 Å². The fourth-order valence-electron chi connectivity index (χ4n) is 1.96. The third-order valence-electron chi connectivity index (χ3n) is 3.08. The van der Waals surface area contributed by atoms with Gasteiger partial charge in [-0.3, -0.25) is 0 Å². The van der Waals surface area contributed by atoms with Crippen molar-refractivity contribution in [2.75, 3.05) is 11.9 Å². The molecule has 2 rings (SSSR count). The zero-order valence-corrected chi connectivity index (χ0v) is 13.9. The summed E-state index contributed by atoms with van der Waals surface area (Å²) >= 11 is 6.46. The number of alkyl halides is 1. The number of hydrogen-bond acceptors (Lipinski definition) is 4. The number of sulfonamides is 1. The van der Waals surface area contributed by atoms with Gasteiger partial charge in [0.25, 0.3) is 10.0 Å². The molecule has 0 aliphatic heterocycles. The van der Waals surface area contributed by atoms with E-state index in [4.69, 9.17) is 0 Å². The van der Waals surface area contributed by atoms with E-state index >= 15 is 0 Å². The summed E-state index contributed by atoms with van der Waals surface area (Å²) in [6.45, 7) is 0.463. The van der Waals surface area contributed by atoms with Gasteiger partial charge in [0.1, 0.15) is 0 Å². The molecule has 18 heavy (non-hydrogen) atoms. The highest BCUT2D eigenvalue weighted by Crippen LogP contribution is 2.31. The number of nitrogens with zero attached hydrogens (tertiary/aromatic N) is 4. The minimum absolute atomic E-state index is 0.106. The molecule has 0 aromatic carbocycles. The Morgan fingerprint density at radius 1 is 1.50 bits per heavy atom. The van der Waals surface area contributed by atoms with E-state index in [1.165, 1.54) is 4.68 Å². The van der Waals surface area contributed by atoms with Gasteiger partial charge in [-0.1, -0.05) is 27.6 Å². The smallest absolute Gasteiger partial charge is 0.235 e. The lowest BCUT2D eigenvalue weighted by Crippen LogP contribution is -2.45. The van der Waals surface area contributed by atoms with Gasteiger partial charge in [-0.15, -0.1) is 5.10 Å². The molecule has 102 valence electrons. The lowest BCUT2D eigenvalue weighted by Gasteiger charge is -2.35. The van der Waals surface area contributed by atoms with Crippen molar-refractivity contribution in [2.24, 2.45) is 7.05 Å². The van der Waals surface area contributed by atoms with Crippen molar-refractivity contribution < 1.29 is 8.42 Å². The second-order valence-electron chi connectivity index (χ2n) is 4.20. The first-order chi connectivity index (χ1) is 8.48. The van der Waals surface area contributed by atoms with Gasteiger partial charge in [-0.25, -0.2) is 13.1 Å². The maximum absolute atomic E-state index is 12.6. The topological polar surface area (TPSA) is 68.1 Å². The minimum Gasteiger partial charge on any atom is -0.235 e. The molecule has 0 atom stereocenters. The van der Waals surface area contributed by atoms with Crippen LogP contribution in [0.25, 0.3) is 0 Å². The molecule has 0 saturated heterocycles. The summed E-state index contributed by atoms with van der Waals surface area (Å²) in [6, 6.07) is 0.106. The number of aromatic nitrogens is 3. The summed E-state index contributed by atoms with van der Waals surface area (Å²) in [6.07, 6.45) is 2.94. The Labute approximate surface area is 123 Å². The monoisotopic (exact) mass is 400 g/mol. The number of hydrogen-bond donors (Lipinski definition) is 0. The molecule has 1 aromatic heterocycles. The van der Waals surface area contributed by atoms with Crippen molar-refractivity contribution in [3.8, 4) is 0 Å². The molecular formula is C9H14Br2N4O2S. The van der Waals surface area contributed by atoms with E-state index in [-0.39, 0.29) is 15.7 Å². The zero-order valence-electron chi connectivity index (χ0n) is 9.88. The first-order valence-corrected chi connectivity index (χ1v) is 8.97. The third-order valence-corrected chi connectivity index (χ3v) is 6.27. The largest absolute Gasteiger partial charge is 0.263 e. The molecule has 1 heterocycles. The van der Waals surface area contributed by atoms with Gasteiger partial charge in [0.05, 0.1) is 0 Å². The van der Waals surface area contributed by atoms with Crippen molar-refractivity contribution in [1.82, 2.24) is 19.3 Å². The molecule has 1 fully saturated rings. The lowest BCUT2D eigenvalue weighted by molar-refractivity contribution is 0.227. The summed E-state index contributed by atoms with van der Waals surface area (Å²) < 4.78 is 28.4. The average Bonchev–Trinajstić information content (AvgIpc) is 2.55. The van der Waals surface area contributed by atoms with Crippen molar-refractivity contribution >= 4 is 41.9 Å². The van der Waals surface area contributed by atoms with E-state index in [0.717, 1.165) is 19.3 Å². The number of halogens is 2. The van der Waals surface area contributed by atoms with Crippen LogP contribution in [0.15, 0.2) is 9.63 Å². The molecule has 9 heteroatoms. The van der Waals surface area contributed by atoms with Crippen LogP contribution >= 0.6 is 31.9 Å². The molecule has 6 nitrogen and oxygen atoms in total. The van der Waals surface area contributed by atoms with Crippen molar-refractivity contribution in [3.05, 3.63) is 4.60 Å². The van der Waals surface area contributed by atoms with E-state index in [9.17, 15) is 8.42 Å². The van der Waals surface area contributed by atoms with Gasteiger partial charge in [0.2, 0.25) is 5.03 Å². The Kier molecular flexibility index (Phi) is 4.45. The SMILES string of the molecule is Cn1nnc(Br)c1S(=O)(=O)N(CCBr)C1CCC1. The molecule has 0 bridgehead atoms. The molecule has 0 N–H and O–H groups in total. The Morgan fingerprint density at radius 3 is 2.56 bits per heavy atom. The predicted molar refractivity (Wildman–Crippen MR) is 74.0 cm³/mol. The van der Waals surface area contributed by atoms with Crippen LogP contribution in [0.2, 0.25) is 0 Å². The van der Waals surface area contributed by atoms with Crippen LogP contribution < -0.4 is 0 Å². The standard InChI is InChI=1S/C9H14Br2N4O2S/c1-14-9(8(11)12-13-14)18(16,17)15(6-5-10)7-3-2-4-7/h7H,2-6H2,1H3. The fraction of sp³-hybridized carbons (Fsp3) is 0.778. The van der Waals surface area contributed by atoms with Gasteiger partial charge in [0.15, 0.2) is 4.60 Å². The van der Waals surface area contributed by atoms with Gasteiger partial charge < -0.3 is 0 Å². The van der Waals surface area contributed by atoms with Gasteiger partial charge in [-0.05, 0) is 28.8 Å². The second kappa shape index (κ2) is 5.56. The van der Waals surface area contributed by atoms with E-state index in [2.05, 4.69) is 42.2 Å². The van der Waals surface area contributed by atoms with E-state index in [1.807, 2.05) is 0 Å². The summed E-state index contributed by atoms with van der Waals surface area (Å²) in [4.78, 5) is 0. The minimum atomic E-state index is -3.55. The molecule has 0 unspecified atom stereocenters.